The molecule has 0 saturated heterocycles. The second kappa shape index (κ2) is 7.31. The van der Waals surface area contributed by atoms with E-state index in [2.05, 4.69) is 15.0 Å². The van der Waals surface area contributed by atoms with Gasteiger partial charge in [0.1, 0.15) is 22.9 Å². The molecule has 3 aromatic rings. The molecule has 0 saturated carbocycles. The highest BCUT2D eigenvalue weighted by Gasteiger charge is 2.31. The van der Waals surface area contributed by atoms with E-state index in [-0.39, 0.29) is 12.2 Å². The number of halogens is 3. The van der Waals surface area contributed by atoms with Gasteiger partial charge in [0.15, 0.2) is 6.61 Å². The van der Waals surface area contributed by atoms with E-state index in [4.69, 9.17) is 9.47 Å². The van der Waals surface area contributed by atoms with Crippen molar-refractivity contribution in [3.05, 3.63) is 47.5 Å². The van der Waals surface area contributed by atoms with Crippen LogP contribution in [0, 0.1) is 6.92 Å². The van der Waals surface area contributed by atoms with Gasteiger partial charge >= 0.3 is 6.18 Å². The largest absolute Gasteiger partial charge is 0.497 e. The summed E-state index contributed by atoms with van der Waals surface area (Å²) in [6.07, 6.45) is -3.04. The zero-order chi connectivity index (χ0) is 20.5. The fourth-order valence-corrected chi connectivity index (χ4v) is 2.83. The van der Waals surface area contributed by atoms with Crippen LogP contribution in [0.4, 0.5) is 13.2 Å². The number of ether oxygens (including phenoxy) is 2. The lowest BCUT2D eigenvalue weighted by Gasteiger charge is -2.22. The number of nitrogens with zero attached hydrogens (tertiary/aromatic N) is 2. The van der Waals surface area contributed by atoms with Crippen LogP contribution in [0.15, 0.2) is 30.5 Å². The Kier molecular flexibility index (Phi) is 5.20. The molecule has 1 aromatic carbocycles. The molecule has 3 rings (SSSR count). The Labute approximate surface area is 159 Å². The van der Waals surface area contributed by atoms with Crippen molar-refractivity contribution in [3.8, 4) is 11.5 Å². The second-order valence-electron chi connectivity index (χ2n) is 6.70. The molecule has 2 heterocycles. The van der Waals surface area contributed by atoms with Gasteiger partial charge in [-0.25, -0.2) is 4.98 Å². The molecule has 0 aliphatic carbocycles. The summed E-state index contributed by atoms with van der Waals surface area (Å²) < 4.78 is 47.3. The number of alkyl halides is 3. The van der Waals surface area contributed by atoms with Gasteiger partial charge in [-0.1, -0.05) is 0 Å². The van der Waals surface area contributed by atoms with Gasteiger partial charge in [-0.15, -0.1) is 0 Å². The highest BCUT2D eigenvalue weighted by Crippen LogP contribution is 2.30. The van der Waals surface area contributed by atoms with E-state index in [1.165, 1.54) is 12.3 Å². The lowest BCUT2D eigenvalue weighted by molar-refractivity contribution is -0.153. The van der Waals surface area contributed by atoms with E-state index in [1.54, 1.807) is 39.2 Å². The lowest BCUT2D eigenvalue weighted by atomic mass is 9.96. The number of imidazole rings is 1. The van der Waals surface area contributed by atoms with Crippen molar-refractivity contribution in [2.45, 2.75) is 32.0 Å². The van der Waals surface area contributed by atoms with Crippen molar-refractivity contribution in [3.63, 3.8) is 0 Å². The molecule has 1 atom stereocenters. The third kappa shape index (κ3) is 4.36. The molecular weight excluding hydrogens is 375 g/mol. The van der Waals surface area contributed by atoms with E-state index in [9.17, 15) is 18.3 Å². The Morgan fingerprint density at radius 3 is 2.64 bits per heavy atom. The molecule has 0 bridgehead atoms. The Morgan fingerprint density at radius 1 is 1.21 bits per heavy atom. The van der Waals surface area contributed by atoms with Crippen LogP contribution in [0.5, 0.6) is 11.5 Å². The molecule has 0 aliphatic rings. The van der Waals surface area contributed by atoms with Crippen LogP contribution in [-0.2, 0) is 12.0 Å². The minimum atomic E-state index is -4.43. The van der Waals surface area contributed by atoms with Gasteiger partial charge in [0.2, 0.25) is 0 Å². The Morgan fingerprint density at radius 2 is 1.96 bits per heavy atom. The average molecular weight is 395 g/mol. The van der Waals surface area contributed by atoms with Gasteiger partial charge in [0, 0.05) is 24.2 Å². The van der Waals surface area contributed by atoms with E-state index in [1.807, 2.05) is 0 Å². The number of hydrogen-bond donors (Lipinski definition) is 2. The first kappa shape index (κ1) is 19.9. The summed E-state index contributed by atoms with van der Waals surface area (Å²) in [6, 6.07) is 6.66. The van der Waals surface area contributed by atoms with Crippen molar-refractivity contribution in [2.24, 2.45) is 0 Å². The van der Waals surface area contributed by atoms with Gasteiger partial charge in [-0.3, -0.25) is 4.98 Å². The minimum absolute atomic E-state index is 0.0407. The summed E-state index contributed by atoms with van der Waals surface area (Å²) in [7, 11) is 1.55. The van der Waals surface area contributed by atoms with Crippen molar-refractivity contribution < 1.29 is 27.8 Å². The third-order valence-electron chi connectivity index (χ3n) is 4.36. The average Bonchev–Trinajstić information content (AvgIpc) is 3.05. The number of hydrogen-bond acceptors (Lipinski definition) is 5. The predicted molar refractivity (Wildman–Crippen MR) is 96.4 cm³/mol. The fourth-order valence-electron chi connectivity index (χ4n) is 2.83. The third-order valence-corrected chi connectivity index (χ3v) is 4.36. The first-order chi connectivity index (χ1) is 13.1. The summed E-state index contributed by atoms with van der Waals surface area (Å²) >= 11 is 0. The smallest absolute Gasteiger partial charge is 0.422 e. The normalized spacial score (nSPS) is 14.1. The number of methoxy groups -OCH3 is 1. The molecule has 28 heavy (non-hydrogen) atoms. The van der Waals surface area contributed by atoms with Crippen LogP contribution in [-0.4, -0.2) is 40.0 Å². The first-order valence-corrected chi connectivity index (χ1v) is 8.50. The molecule has 0 aliphatic heterocycles. The van der Waals surface area contributed by atoms with Crippen LogP contribution in [0.25, 0.3) is 11.0 Å². The molecule has 2 N–H and O–H groups in total. The topological polar surface area (TPSA) is 80.3 Å². The maximum absolute atomic E-state index is 12.4. The van der Waals surface area contributed by atoms with Crippen LogP contribution < -0.4 is 9.47 Å². The maximum atomic E-state index is 12.4. The molecule has 2 aromatic heterocycles. The molecule has 0 radical (unpaired) electrons. The first-order valence-electron chi connectivity index (χ1n) is 8.50. The summed E-state index contributed by atoms with van der Waals surface area (Å²) in [6.45, 7) is 1.78. The number of benzene rings is 1. The van der Waals surface area contributed by atoms with Gasteiger partial charge in [0.05, 0.1) is 23.8 Å². The van der Waals surface area contributed by atoms with E-state index < -0.39 is 18.4 Å². The Hall–Kier alpha value is -2.81. The summed E-state index contributed by atoms with van der Waals surface area (Å²) in [5.74, 6) is 1.03. The summed E-state index contributed by atoms with van der Waals surface area (Å²) in [4.78, 5) is 11.7. The van der Waals surface area contributed by atoms with Gasteiger partial charge in [0.25, 0.3) is 0 Å². The maximum Gasteiger partial charge on any atom is 0.422 e. The van der Waals surface area contributed by atoms with Crippen molar-refractivity contribution in [2.75, 3.05) is 13.7 Å². The molecule has 0 amide bonds. The number of pyridine rings is 1. The number of aliphatic hydroxyl groups is 1. The lowest BCUT2D eigenvalue weighted by Crippen LogP contribution is -2.27. The van der Waals surface area contributed by atoms with Crippen LogP contribution in [0.2, 0.25) is 0 Å². The molecule has 0 fully saturated rings. The Balaban J connectivity index is 1.86. The fraction of sp³-hybridized carbons (Fsp3) is 0.368. The van der Waals surface area contributed by atoms with Crippen molar-refractivity contribution >= 4 is 11.0 Å². The van der Waals surface area contributed by atoms with Gasteiger partial charge in [-0.05, 0) is 32.0 Å². The number of aromatic amines is 1. The van der Waals surface area contributed by atoms with E-state index >= 15 is 0 Å². The van der Waals surface area contributed by atoms with E-state index in [0.29, 0.717) is 28.3 Å². The highest BCUT2D eigenvalue weighted by atomic mass is 19.4. The molecular formula is C19H20F3N3O3. The minimum Gasteiger partial charge on any atom is -0.497 e. The number of aromatic nitrogens is 3. The van der Waals surface area contributed by atoms with Crippen molar-refractivity contribution in [1.29, 1.82) is 0 Å². The number of H-pyrrole nitrogens is 1. The van der Waals surface area contributed by atoms with Crippen molar-refractivity contribution in [1.82, 2.24) is 15.0 Å². The monoisotopic (exact) mass is 395 g/mol. The molecule has 1 unspecified atom stereocenters. The second-order valence-corrected chi connectivity index (χ2v) is 6.70. The summed E-state index contributed by atoms with van der Waals surface area (Å²) in [5, 5.41) is 11.0. The Bertz CT molecular complexity index is 983. The van der Waals surface area contributed by atoms with E-state index in [0.717, 1.165) is 5.52 Å². The number of nitrogens with one attached hydrogen (secondary N) is 1. The molecule has 6 nitrogen and oxygen atoms in total. The standard InChI is InChI=1S/C19H20F3N3O3/c1-11-15(23-7-6-16(11)28-10-19(20,21)22)9-18(2,26)17-24-13-5-4-12(27-3)8-14(13)25-17/h4-8,26H,9-10H2,1-3H3,(H,24,25). The highest BCUT2D eigenvalue weighted by molar-refractivity contribution is 5.77. The SMILES string of the molecule is COc1ccc2[nH]c(C(C)(O)Cc3nccc(OCC(F)(F)F)c3C)nc2c1. The zero-order valence-corrected chi connectivity index (χ0v) is 15.6. The number of fused-ring (bicyclic) bond motifs is 1. The number of rotatable bonds is 6. The van der Waals surface area contributed by atoms with Crippen LogP contribution in [0.1, 0.15) is 24.0 Å². The molecule has 9 heteroatoms. The van der Waals surface area contributed by atoms with Gasteiger partial charge in [-0.2, -0.15) is 13.2 Å². The zero-order valence-electron chi connectivity index (χ0n) is 15.6. The molecule has 0 spiro atoms. The molecule has 150 valence electrons. The van der Waals surface area contributed by atoms with Gasteiger partial charge < -0.3 is 19.6 Å². The van der Waals surface area contributed by atoms with Crippen LogP contribution in [0.3, 0.4) is 0 Å². The summed E-state index contributed by atoms with van der Waals surface area (Å²) in [5.41, 5.74) is 0.782. The predicted octanol–water partition coefficient (Wildman–Crippen LogP) is 3.67. The quantitative estimate of drug-likeness (QED) is 0.666. The van der Waals surface area contributed by atoms with Crippen LogP contribution >= 0.6 is 0 Å².